The van der Waals surface area contributed by atoms with E-state index in [1.54, 1.807) is 0 Å². The molecule has 0 unspecified atom stereocenters. The Morgan fingerprint density at radius 3 is 3.00 bits per heavy atom. The van der Waals surface area contributed by atoms with Crippen LogP contribution < -0.4 is 0 Å². The van der Waals surface area contributed by atoms with E-state index in [9.17, 15) is 0 Å². The summed E-state index contributed by atoms with van der Waals surface area (Å²) in [6, 6.07) is 0. The molecular weight excluding hydrogens is 198 g/mol. The van der Waals surface area contributed by atoms with Gasteiger partial charge in [-0.3, -0.25) is 0 Å². The normalized spacial score (nSPS) is 10.3. The molecule has 0 bridgehead atoms. The van der Waals surface area contributed by atoms with Gasteiger partial charge in [0.25, 0.3) is 0 Å². The highest BCUT2D eigenvalue weighted by Crippen LogP contribution is 2.27. The van der Waals surface area contributed by atoms with Crippen LogP contribution in [0.1, 0.15) is 23.9 Å². The van der Waals surface area contributed by atoms with Crippen molar-refractivity contribution in [1.82, 2.24) is 4.98 Å². The molecule has 3 heteroatoms. The number of aryl methyl sites for hydroxylation is 2. The summed E-state index contributed by atoms with van der Waals surface area (Å²) >= 11 is 3.65. The van der Waals surface area contributed by atoms with Gasteiger partial charge in [0.1, 0.15) is 4.34 Å². The van der Waals surface area contributed by atoms with Gasteiger partial charge < -0.3 is 0 Å². The lowest BCUT2D eigenvalue weighted by molar-refractivity contribution is 0.997. The number of thioether (sulfide) groups is 1. The van der Waals surface area contributed by atoms with Gasteiger partial charge in [0, 0.05) is 4.88 Å². The molecule has 0 aliphatic rings. The van der Waals surface area contributed by atoms with Crippen LogP contribution in [0.5, 0.6) is 0 Å². The van der Waals surface area contributed by atoms with Crippen molar-refractivity contribution in [3.63, 3.8) is 0 Å². The zero-order valence-electron chi connectivity index (χ0n) is 8.17. The second-order valence-corrected chi connectivity index (χ2v) is 5.34. The first kappa shape index (κ1) is 10.8. The quantitative estimate of drug-likeness (QED) is 0.546. The summed E-state index contributed by atoms with van der Waals surface area (Å²) in [5, 5.41) is 0. The van der Waals surface area contributed by atoms with Crippen molar-refractivity contribution in [2.45, 2.75) is 31.0 Å². The monoisotopic (exact) mass is 213 g/mol. The molecule has 1 aromatic heterocycles. The maximum Gasteiger partial charge on any atom is 0.150 e. The molecule has 0 saturated carbocycles. The van der Waals surface area contributed by atoms with Gasteiger partial charge in [-0.1, -0.05) is 24.8 Å². The molecule has 13 heavy (non-hydrogen) atoms. The van der Waals surface area contributed by atoms with Crippen LogP contribution in [0.25, 0.3) is 0 Å². The number of nitrogens with zero attached hydrogens (tertiary/aromatic N) is 1. The fraction of sp³-hybridized carbons (Fsp3) is 0.500. The third kappa shape index (κ3) is 3.16. The largest absolute Gasteiger partial charge is 0.235 e. The summed E-state index contributed by atoms with van der Waals surface area (Å²) in [7, 11) is 0. The highest BCUT2D eigenvalue weighted by atomic mass is 32.2. The highest BCUT2D eigenvalue weighted by Gasteiger charge is 2.05. The molecule has 1 nitrogen and oxygen atoms in total. The number of hydrogen-bond acceptors (Lipinski definition) is 3. The first-order chi connectivity index (χ1) is 6.27. The Morgan fingerprint density at radius 2 is 2.38 bits per heavy atom. The van der Waals surface area contributed by atoms with Gasteiger partial charge in [-0.15, -0.1) is 17.9 Å². The molecule has 1 heterocycles. The summed E-state index contributed by atoms with van der Waals surface area (Å²) in [6.07, 6.45) is 4.11. The van der Waals surface area contributed by atoms with Crippen molar-refractivity contribution in [3.8, 4) is 0 Å². The predicted octanol–water partition coefficient (Wildman–Crippen LogP) is 3.68. The zero-order valence-corrected chi connectivity index (χ0v) is 9.80. The van der Waals surface area contributed by atoms with E-state index in [0.29, 0.717) is 0 Å². The summed E-state index contributed by atoms with van der Waals surface area (Å²) < 4.78 is 1.21. The molecule has 0 spiro atoms. The maximum atomic E-state index is 4.50. The van der Waals surface area contributed by atoms with Gasteiger partial charge >= 0.3 is 0 Å². The average molecular weight is 213 g/mol. The standard InChI is InChI=1S/C10H15NS2/c1-4-6-7-9-8(3)11-10(13-9)12-5-2/h4H,1,5-7H2,2-3H3. The smallest absolute Gasteiger partial charge is 0.150 e. The lowest BCUT2D eigenvalue weighted by Gasteiger charge is -1.91. The molecule has 0 saturated heterocycles. The molecular formula is C10H15NS2. The molecule has 0 aliphatic heterocycles. The number of aromatic nitrogens is 1. The summed E-state index contributed by atoms with van der Waals surface area (Å²) in [5.41, 5.74) is 1.20. The van der Waals surface area contributed by atoms with Crippen molar-refractivity contribution in [3.05, 3.63) is 23.2 Å². The minimum Gasteiger partial charge on any atom is -0.235 e. The van der Waals surface area contributed by atoms with E-state index in [-0.39, 0.29) is 0 Å². The van der Waals surface area contributed by atoms with Crippen LogP contribution in [0, 0.1) is 6.92 Å². The van der Waals surface area contributed by atoms with Crippen LogP contribution in [-0.4, -0.2) is 10.7 Å². The van der Waals surface area contributed by atoms with Crippen molar-refractivity contribution in [2.75, 3.05) is 5.75 Å². The van der Waals surface area contributed by atoms with Crippen LogP contribution >= 0.6 is 23.1 Å². The summed E-state index contributed by atoms with van der Waals surface area (Å²) in [4.78, 5) is 5.91. The van der Waals surface area contributed by atoms with E-state index in [1.807, 2.05) is 29.2 Å². The van der Waals surface area contributed by atoms with Crippen molar-refractivity contribution in [2.24, 2.45) is 0 Å². The molecule has 1 aromatic rings. The van der Waals surface area contributed by atoms with Crippen molar-refractivity contribution < 1.29 is 0 Å². The van der Waals surface area contributed by atoms with Gasteiger partial charge in [-0.25, -0.2) is 4.98 Å². The topological polar surface area (TPSA) is 12.9 Å². The number of rotatable bonds is 5. The number of thiazole rings is 1. The van der Waals surface area contributed by atoms with Crippen LogP contribution in [0.4, 0.5) is 0 Å². The van der Waals surface area contributed by atoms with E-state index in [4.69, 9.17) is 0 Å². The predicted molar refractivity (Wildman–Crippen MR) is 61.8 cm³/mol. The lowest BCUT2D eigenvalue weighted by atomic mass is 10.2. The lowest BCUT2D eigenvalue weighted by Crippen LogP contribution is -1.81. The van der Waals surface area contributed by atoms with E-state index in [1.165, 1.54) is 14.9 Å². The number of hydrogen-bond donors (Lipinski definition) is 0. The van der Waals surface area contributed by atoms with Gasteiger partial charge in [-0.05, 0) is 25.5 Å². The van der Waals surface area contributed by atoms with Gasteiger partial charge in [0.05, 0.1) is 5.69 Å². The van der Waals surface area contributed by atoms with Crippen LogP contribution in [0.3, 0.4) is 0 Å². The average Bonchev–Trinajstić information content (AvgIpc) is 2.44. The van der Waals surface area contributed by atoms with Crippen molar-refractivity contribution in [1.29, 1.82) is 0 Å². The second-order valence-electron chi connectivity index (χ2n) is 2.75. The zero-order chi connectivity index (χ0) is 9.68. The highest BCUT2D eigenvalue weighted by molar-refractivity contribution is 8.01. The third-order valence-electron chi connectivity index (χ3n) is 1.72. The Labute approximate surface area is 88.3 Å². The Balaban J connectivity index is 2.65. The molecule has 0 radical (unpaired) electrons. The summed E-state index contributed by atoms with van der Waals surface area (Å²) in [5.74, 6) is 1.11. The van der Waals surface area contributed by atoms with Gasteiger partial charge in [-0.2, -0.15) is 0 Å². The molecule has 0 N–H and O–H groups in total. The molecule has 0 aromatic carbocycles. The number of allylic oxidation sites excluding steroid dienone is 1. The Hall–Kier alpha value is -0.280. The Kier molecular flexibility index (Phi) is 4.53. The molecule has 72 valence electrons. The molecule has 0 amide bonds. The van der Waals surface area contributed by atoms with Gasteiger partial charge in [0.15, 0.2) is 0 Å². The maximum absolute atomic E-state index is 4.50. The fourth-order valence-corrected chi connectivity index (χ4v) is 3.20. The van der Waals surface area contributed by atoms with E-state index in [2.05, 4.69) is 25.4 Å². The summed E-state index contributed by atoms with van der Waals surface area (Å²) in [6.45, 7) is 7.98. The first-order valence-electron chi connectivity index (χ1n) is 4.48. The molecule has 0 atom stereocenters. The van der Waals surface area contributed by atoms with Crippen LogP contribution in [0.2, 0.25) is 0 Å². The van der Waals surface area contributed by atoms with Crippen LogP contribution in [0.15, 0.2) is 17.0 Å². The minimum absolute atomic E-state index is 1.05. The first-order valence-corrected chi connectivity index (χ1v) is 6.28. The molecule has 0 fully saturated rings. The van der Waals surface area contributed by atoms with E-state index >= 15 is 0 Å². The van der Waals surface area contributed by atoms with Crippen molar-refractivity contribution >= 4 is 23.1 Å². The van der Waals surface area contributed by atoms with E-state index < -0.39 is 0 Å². The molecule has 1 rings (SSSR count). The molecule has 0 aliphatic carbocycles. The van der Waals surface area contributed by atoms with Crippen LogP contribution in [-0.2, 0) is 6.42 Å². The van der Waals surface area contributed by atoms with Gasteiger partial charge in [0.2, 0.25) is 0 Å². The Bertz CT molecular complexity index is 278. The SMILES string of the molecule is C=CCCc1sc(SCC)nc1C. The fourth-order valence-electron chi connectivity index (χ4n) is 1.05. The second kappa shape index (κ2) is 5.45. The van der Waals surface area contributed by atoms with E-state index in [0.717, 1.165) is 18.6 Å². The Morgan fingerprint density at radius 1 is 1.62 bits per heavy atom. The minimum atomic E-state index is 1.05. The third-order valence-corrected chi connectivity index (χ3v) is 3.96.